The molecule has 8 heteroatoms. The zero-order valence-corrected chi connectivity index (χ0v) is 11.1. The summed E-state index contributed by atoms with van der Waals surface area (Å²) >= 11 is 0. The van der Waals surface area contributed by atoms with E-state index < -0.39 is 22.5 Å². The van der Waals surface area contributed by atoms with E-state index >= 15 is 0 Å². The number of ether oxygens (including phenoxy) is 3. The summed E-state index contributed by atoms with van der Waals surface area (Å²) in [6.45, 7) is 0. The maximum atomic E-state index is 13.3. The van der Waals surface area contributed by atoms with E-state index in [4.69, 9.17) is 9.47 Å². The smallest absolute Gasteiger partial charge is 0.313 e. The Morgan fingerprint density at radius 1 is 1.43 bits per heavy atom. The van der Waals surface area contributed by atoms with Gasteiger partial charge in [0, 0.05) is 11.6 Å². The highest BCUT2D eigenvalue weighted by molar-refractivity contribution is 5.70. The number of nitro groups is 1. The van der Waals surface area contributed by atoms with Crippen LogP contribution in [0.4, 0.5) is 10.1 Å². The summed E-state index contributed by atoms with van der Waals surface area (Å²) in [5, 5.41) is 11.0. The number of rotatable bonds is 5. The standard InChI is InChI=1S/C13H12FNO6/c1-19-12(16)8-13(20-4-5-21-13)7-9-6-10(14)2-3-11(9)15(17)18/h2-6H,7-8H2,1H3. The molecule has 1 heterocycles. The molecule has 1 aliphatic rings. The van der Waals surface area contributed by atoms with E-state index in [2.05, 4.69) is 4.74 Å². The lowest BCUT2D eigenvalue weighted by Gasteiger charge is -2.26. The molecule has 0 fully saturated rings. The molecule has 0 spiro atoms. The van der Waals surface area contributed by atoms with Gasteiger partial charge in [0.15, 0.2) is 0 Å². The molecular formula is C13H12FNO6. The van der Waals surface area contributed by atoms with Crippen molar-refractivity contribution in [3.05, 3.63) is 52.2 Å². The average molecular weight is 297 g/mol. The van der Waals surface area contributed by atoms with Crippen molar-refractivity contribution in [2.45, 2.75) is 18.6 Å². The molecule has 21 heavy (non-hydrogen) atoms. The van der Waals surface area contributed by atoms with Crippen LogP contribution < -0.4 is 0 Å². The van der Waals surface area contributed by atoms with Gasteiger partial charge in [-0.3, -0.25) is 14.9 Å². The van der Waals surface area contributed by atoms with Crippen molar-refractivity contribution in [3.63, 3.8) is 0 Å². The Bertz CT molecular complexity index is 592. The van der Waals surface area contributed by atoms with Crippen LogP contribution in [0.3, 0.4) is 0 Å². The summed E-state index contributed by atoms with van der Waals surface area (Å²) < 4.78 is 28.4. The molecule has 0 unspecified atom stereocenters. The number of methoxy groups -OCH3 is 1. The quantitative estimate of drug-likeness (QED) is 0.469. The van der Waals surface area contributed by atoms with Gasteiger partial charge in [-0.25, -0.2) is 4.39 Å². The number of carbonyl (C=O) groups is 1. The van der Waals surface area contributed by atoms with Crippen LogP contribution >= 0.6 is 0 Å². The van der Waals surface area contributed by atoms with Gasteiger partial charge < -0.3 is 14.2 Å². The predicted molar refractivity (Wildman–Crippen MR) is 67.4 cm³/mol. The molecule has 0 bridgehead atoms. The normalized spacial score (nSPS) is 15.1. The van der Waals surface area contributed by atoms with Gasteiger partial charge in [-0.1, -0.05) is 0 Å². The molecule has 1 aromatic carbocycles. The Labute approximate surface area is 119 Å². The van der Waals surface area contributed by atoms with Crippen LogP contribution in [-0.2, 0) is 25.4 Å². The maximum absolute atomic E-state index is 13.3. The monoisotopic (exact) mass is 297 g/mol. The third-order valence-electron chi connectivity index (χ3n) is 2.96. The molecule has 0 aliphatic carbocycles. The van der Waals surface area contributed by atoms with Crippen LogP contribution in [0.2, 0.25) is 0 Å². The summed E-state index contributed by atoms with van der Waals surface area (Å²) in [5.41, 5.74) is -0.215. The fourth-order valence-corrected chi connectivity index (χ4v) is 2.02. The van der Waals surface area contributed by atoms with Crippen molar-refractivity contribution in [1.29, 1.82) is 0 Å². The topological polar surface area (TPSA) is 87.9 Å². The van der Waals surface area contributed by atoms with Crippen molar-refractivity contribution in [2.75, 3.05) is 7.11 Å². The van der Waals surface area contributed by atoms with E-state index in [1.54, 1.807) is 0 Å². The minimum absolute atomic E-state index is 0.0626. The third kappa shape index (κ3) is 3.28. The fraction of sp³-hybridized carbons (Fsp3) is 0.308. The van der Waals surface area contributed by atoms with Gasteiger partial charge in [-0.2, -0.15) is 0 Å². The number of nitrogens with zero attached hydrogens (tertiary/aromatic N) is 1. The van der Waals surface area contributed by atoms with Crippen LogP contribution in [0.1, 0.15) is 12.0 Å². The van der Waals surface area contributed by atoms with E-state index in [1.165, 1.54) is 19.6 Å². The van der Waals surface area contributed by atoms with Crippen molar-refractivity contribution in [3.8, 4) is 0 Å². The molecule has 0 aromatic heterocycles. The van der Waals surface area contributed by atoms with E-state index in [0.29, 0.717) is 0 Å². The Morgan fingerprint density at radius 3 is 2.67 bits per heavy atom. The lowest BCUT2D eigenvalue weighted by atomic mass is 10.0. The summed E-state index contributed by atoms with van der Waals surface area (Å²) in [5.74, 6) is -2.71. The number of benzene rings is 1. The van der Waals surface area contributed by atoms with Gasteiger partial charge in [0.05, 0.1) is 18.5 Å². The zero-order chi connectivity index (χ0) is 15.5. The lowest BCUT2D eigenvalue weighted by molar-refractivity contribution is -0.386. The Balaban J connectivity index is 2.31. The number of hydrogen-bond acceptors (Lipinski definition) is 6. The number of carbonyl (C=O) groups excluding carboxylic acids is 1. The third-order valence-corrected chi connectivity index (χ3v) is 2.96. The molecule has 1 aromatic rings. The molecule has 0 radical (unpaired) electrons. The van der Waals surface area contributed by atoms with Crippen LogP contribution in [-0.4, -0.2) is 23.8 Å². The molecule has 1 aliphatic heterocycles. The van der Waals surface area contributed by atoms with Crippen LogP contribution in [0.15, 0.2) is 30.7 Å². The van der Waals surface area contributed by atoms with E-state index in [9.17, 15) is 19.3 Å². The molecule has 0 saturated heterocycles. The number of hydrogen-bond donors (Lipinski definition) is 0. The number of nitro benzene ring substituents is 1. The van der Waals surface area contributed by atoms with Gasteiger partial charge in [-0.15, -0.1) is 0 Å². The first kappa shape index (κ1) is 14.8. The highest BCUT2D eigenvalue weighted by Crippen LogP contribution is 2.32. The summed E-state index contributed by atoms with van der Waals surface area (Å²) in [6.07, 6.45) is 1.97. The molecule has 0 atom stereocenters. The minimum Gasteiger partial charge on any atom is -0.469 e. The molecular weight excluding hydrogens is 285 g/mol. The number of halogens is 1. The van der Waals surface area contributed by atoms with Crippen LogP contribution in [0, 0.1) is 15.9 Å². The van der Waals surface area contributed by atoms with Crippen LogP contribution in [0.25, 0.3) is 0 Å². The Morgan fingerprint density at radius 2 is 2.10 bits per heavy atom. The Kier molecular flexibility index (Phi) is 4.06. The predicted octanol–water partition coefficient (Wildman–Crippen LogP) is 2.05. The first-order valence-corrected chi connectivity index (χ1v) is 5.96. The number of esters is 1. The van der Waals surface area contributed by atoms with Crippen molar-refractivity contribution in [1.82, 2.24) is 0 Å². The molecule has 0 saturated carbocycles. The first-order chi connectivity index (χ1) is 9.96. The highest BCUT2D eigenvalue weighted by atomic mass is 19.1. The van der Waals surface area contributed by atoms with E-state index in [0.717, 1.165) is 18.2 Å². The van der Waals surface area contributed by atoms with Gasteiger partial charge in [-0.05, 0) is 12.1 Å². The van der Waals surface area contributed by atoms with Crippen molar-refractivity contribution < 1.29 is 28.3 Å². The highest BCUT2D eigenvalue weighted by Gasteiger charge is 2.41. The molecule has 112 valence electrons. The molecule has 7 nitrogen and oxygen atoms in total. The largest absolute Gasteiger partial charge is 0.469 e. The first-order valence-electron chi connectivity index (χ1n) is 5.96. The molecule has 2 rings (SSSR count). The Hall–Kier alpha value is -2.64. The van der Waals surface area contributed by atoms with E-state index in [-0.39, 0.29) is 24.1 Å². The maximum Gasteiger partial charge on any atom is 0.313 e. The van der Waals surface area contributed by atoms with Crippen molar-refractivity contribution in [2.24, 2.45) is 0 Å². The van der Waals surface area contributed by atoms with E-state index in [1.807, 2.05) is 0 Å². The minimum atomic E-state index is -1.47. The zero-order valence-electron chi connectivity index (χ0n) is 11.1. The molecule has 0 amide bonds. The van der Waals surface area contributed by atoms with Gasteiger partial charge in [0.1, 0.15) is 24.8 Å². The summed E-state index contributed by atoms with van der Waals surface area (Å²) in [7, 11) is 1.20. The second kappa shape index (κ2) is 5.78. The summed E-state index contributed by atoms with van der Waals surface area (Å²) in [4.78, 5) is 21.8. The lowest BCUT2D eigenvalue weighted by Crippen LogP contribution is -2.36. The fourth-order valence-electron chi connectivity index (χ4n) is 2.02. The second-order valence-electron chi connectivity index (χ2n) is 4.38. The van der Waals surface area contributed by atoms with Gasteiger partial charge in [0.2, 0.25) is 0 Å². The molecule has 0 N–H and O–H groups in total. The SMILES string of the molecule is COC(=O)CC1(Cc2cc(F)ccc2[N+](=O)[O-])OC=CO1. The second-order valence-corrected chi connectivity index (χ2v) is 4.38. The van der Waals surface area contributed by atoms with Crippen molar-refractivity contribution >= 4 is 11.7 Å². The van der Waals surface area contributed by atoms with Gasteiger partial charge >= 0.3 is 5.97 Å². The van der Waals surface area contributed by atoms with Crippen LogP contribution in [0.5, 0.6) is 0 Å². The van der Waals surface area contributed by atoms with Gasteiger partial charge in [0.25, 0.3) is 11.5 Å². The average Bonchev–Trinajstić information content (AvgIpc) is 2.86. The summed E-state index contributed by atoms with van der Waals surface area (Å²) in [6, 6.07) is 3.06.